The van der Waals surface area contributed by atoms with Crippen molar-refractivity contribution in [2.75, 3.05) is 19.7 Å². The Morgan fingerprint density at radius 1 is 0.946 bits per heavy atom. The van der Waals surface area contributed by atoms with E-state index in [4.69, 9.17) is 14.2 Å². The van der Waals surface area contributed by atoms with Gasteiger partial charge in [0, 0.05) is 19.5 Å². The van der Waals surface area contributed by atoms with E-state index in [1.54, 1.807) is 0 Å². The van der Waals surface area contributed by atoms with Crippen molar-refractivity contribution < 1.29 is 19.3 Å². The summed E-state index contributed by atoms with van der Waals surface area (Å²) in [5.74, 6) is 3.23. The van der Waals surface area contributed by atoms with Gasteiger partial charge in [0.2, 0.25) is 0 Å². The van der Waals surface area contributed by atoms with E-state index >= 15 is 0 Å². The molecule has 7 fully saturated rings. The Balaban J connectivity index is 1.09. The summed E-state index contributed by atoms with van der Waals surface area (Å²) in [4.78, 5) is 0. The Morgan fingerprint density at radius 3 is 2.51 bits per heavy atom. The molecule has 5 aliphatic carbocycles. The van der Waals surface area contributed by atoms with Crippen molar-refractivity contribution in [2.45, 2.75) is 135 Å². The standard InChI is InChI=1S/C32H53NO4/c1-28(2,34)17-20-6-7-22-24(36-20)16-23-21-8-9-25-29(3,4)26(37-27-18-33-14-15-35-27)10-11-32(25)19-31(21,32)13-12-30(22,23)5/h20-27,33-34H,6-19H2,1-5H3/t20?,21?,22-,23?,24?,25?,26-,27?,30?,31-,32?/m0/s1. The highest BCUT2D eigenvalue weighted by atomic mass is 16.7. The quantitative estimate of drug-likeness (QED) is 0.504. The lowest BCUT2D eigenvalue weighted by Crippen LogP contribution is -2.56. The van der Waals surface area contributed by atoms with Gasteiger partial charge < -0.3 is 24.6 Å². The Morgan fingerprint density at radius 2 is 1.76 bits per heavy atom. The second-order valence-electron chi connectivity index (χ2n) is 16.1. The minimum Gasteiger partial charge on any atom is -0.390 e. The topological polar surface area (TPSA) is 60.0 Å². The molecule has 210 valence electrons. The molecule has 2 spiro atoms. The van der Waals surface area contributed by atoms with Crippen LogP contribution in [0.2, 0.25) is 0 Å². The molecule has 0 aromatic rings. The molecule has 2 aliphatic heterocycles. The van der Waals surface area contributed by atoms with Crippen LogP contribution in [0.3, 0.4) is 0 Å². The van der Waals surface area contributed by atoms with Crippen LogP contribution in [0.5, 0.6) is 0 Å². The van der Waals surface area contributed by atoms with E-state index in [0.717, 1.165) is 56.2 Å². The Hall–Kier alpha value is -0.200. The maximum absolute atomic E-state index is 10.4. The number of nitrogens with one attached hydrogen (secondary N) is 1. The normalized spacial score (nSPS) is 54.3. The predicted molar refractivity (Wildman–Crippen MR) is 144 cm³/mol. The first-order valence-corrected chi connectivity index (χ1v) is 15.8. The fourth-order valence-corrected chi connectivity index (χ4v) is 12.1. The molecule has 8 unspecified atom stereocenters. The van der Waals surface area contributed by atoms with Gasteiger partial charge in [0.15, 0.2) is 6.29 Å². The van der Waals surface area contributed by atoms with Crippen molar-refractivity contribution in [3.8, 4) is 0 Å². The van der Waals surface area contributed by atoms with Gasteiger partial charge in [0.25, 0.3) is 0 Å². The van der Waals surface area contributed by atoms with Crippen LogP contribution in [0.4, 0.5) is 0 Å². The van der Waals surface area contributed by atoms with Crippen LogP contribution in [-0.2, 0) is 14.2 Å². The number of aliphatic hydroxyl groups is 1. The second-order valence-corrected chi connectivity index (χ2v) is 16.1. The van der Waals surface area contributed by atoms with Crippen LogP contribution in [0.1, 0.15) is 105 Å². The third-order valence-corrected chi connectivity index (χ3v) is 13.5. The van der Waals surface area contributed by atoms with Gasteiger partial charge >= 0.3 is 0 Å². The first kappa shape index (κ1) is 25.7. The molecule has 0 bridgehead atoms. The lowest BCUT2D eigenvalue weighted by Gasteiger charge is -2.60. The predicted octanol–water partition coefficient (Wildman–Crippen LogP) is 5.69. The van der Waals surface area contributed by atoms with Crippen molar-refractivity contribution >= 4 is 0 Å². The number of fused-ring (bicyclic) bond motifs is 4. The van der Waals surface area contributed by atoms with E-state index < -0.39 is 5.60 Å². The average Bonchev–Trinajstić information content (AvgIpc) is 3.41. The molecule has 7 rings (SSSR count). The maximum Gasteiger partial charge on any atom is 0.170 e. The molecule has 37 heavy (non-hydrogen) atoms. The molecule has 7 aliphatic rings. The zero-order valence-electron chi connectivity index (χ0n) is 24.2. The Labute approximate surface area is 225 Å². The van der Waals surface area contributed by atoms with Crippen molar-refractivity contribution in [1.82, 2.24) is 5.32 Å². The highest BCUT2D eigenvalue weighted by Gasteiger charge is 2.80. The lowest BCUT2D eigenvalue weighted by molar-refractivity contribution is -0.232. The van der Waals surface area contributed by atoms with E-state index in [1.807, 2.05) is 13.8 Å². The maximum atomic E-state index is 10.4. The van der Waals surface area contributed by atoms with Crippen LogP contribution in [-0.4, -0.2) is 55.0 Å². The summed E-state index contributed by atoms with van der Waals surface area (Å²) >= 11 is 0. The van der Waals surface area contributed by atoms with Gasteiger partial charge in [0.05, 0.1) is 30.5 Å². The first-order valence-electron chi connectivity index (χ1n) is 15.8. The fraction of sp³-hybridized carbons (Fsp3) is 1.00. The smallest absolute Gasteiger partial charge is 0.170 e. The average molecular weight is 516 g/mol. The van der Waals surface area contributed by atoms with Crippen molar-refractivity contribution in [2.24, 2.45) is 45.3 Å². The van der Waals surface area contributed by atoms with Crippen molar-refractivity contribution in [3.05, 3.63) is 0 Å². The van der Waals surface area contributed by atoms with Gasteiger partial charge in [-0.2, -0.15) is 0 Å². The zero-order valence-corrected chi connectivity index (χ0v) is 24.2. The van der Waals surface area contributed by atoms with Crippen LogP contribution in [0.25, 0.3) is 0 Å². The van der Waals surface area contributed by atoms with Gasteiger partial charge in [-0.25, -0.2) is 0 Å². The molecule has 0 amide bonds. The van der Waals surface area contributed by atoms with Crippen LogP contribution in [0.15, 0.2) is 0 Å². The van der Waals surface area contributed by atoms with E-state index in [2.05, 4.69) is 26.1 Å². The van der Waals surface area contributed by atoms with Gasteiger partial charge in [-0.1, -0.05) is 20.8 Å². The van der Waals surface area contributed by atoms with E-state index in [0.29, 0.717) is 28.5 Å². The van der Waals surface area contributed by atoms with E-state index in [1.165, 1.54) is 57.8 Å². The summed E-state index contributed by atoms with van der Waals surface area (Å²) in [6.45, 7) is 14.1. The zero-order chi connectivity index (χ0) is 25.8. The number of morpholine rings is 1. The Kier molecular flexibility index (Phi) is 5.85. The first-order chi connectivity index (χ1) is 17.5. The fourth-order valence-electron chi connectivity index (χ4n) is 12.1. The van der Waals surface area contributed by atoms with Crippen molar-refractivity contribution in [3.63, 3.8) is 0 Å². The number of rotatable bonds is 4. The molecule has 2 heterocycles. The molecule has 0 radical (unpaired) electrons. The molecule has 2 N–H and O–H groups in total. The SMILES string of the molecule is CC(C)(O)CC1CC[C@H]2C(CC3C4CCC5C(C)(C)[C@@H](OC6CNCCO6)CCC56C[C@@]46CCC32C)O1. The molecular weight excluding hydrogens is 462 g/mol. The van der Waals surface area contributed by atoms with Gasteiger partial charge in [-0.15, -0.1) is 0 Å². The lowest BCUT2D eigenvalue weighted by atomic mass is 9.46. The molecule has 0 aromatic heterocycles. The monoisotopic (exact) mass is 515 g/mol. The number of hydrogen-bond donors (Lipinski definition) is 2. The number of hydrogen-bond acceptors (Lipinski definition) is 5. The molecular formula is C32H53NO4. The third-order valence-electron chi connectivity index (χ3n) is 13.5. The highest BCUT2D eigenvalue weighted by molar-refractivity contribution is 5.29. The van der Waals surface area contributed by atoms with Crippen LogP contribution >= 0.6 is 0 Å². The Bertz CT molecular complexity index is 894. The van der Waals surface area contributed by atoms with E-state index in [9.17, 15) is 5.11 Å². The molecule has 2 saturated heterocycles. The van der Waals surface area contributed by atoms with Gasteiger partial charge in [0.1, 0.15) is 0 Å². The summed E-state index contributed by atoms with van der Waals surface area (Å²) in [6, 6.07) is 0. The summed E-state index contributed by atoms with van der Waals surface area (Å²) < 4.78 is 19.4. The molecule has 0 aromatic carbocycles. The van der Waals surface area contributed by atoms with Crippen LogP contribution in [0, 0.1) is 45.3 Å². The minimum atomic E-state index is -0.634. The highest BCUT2D eigenvalue weighted by Crippen LogP contribution is 2.87. The summed E-state index contributed by atoms with van der Waals surface area (Å²) in [6.07, 6.45) is 15.1. The molecule has 5 saturated carbocycles. The van der Waals surface area contributed by atoms with Crippen molar-refractivity contribution in [1.29, 1.82) is 0 Å². The second kappa shape index (κ2) is 8.41. The molecule has 5 heteroatoms. The van der Waals surface area contributed by atoms with E-state index in [-0.39, 0.29) is 17.8 Å². The van der Waals surface area contributed by atoms with Crippen LogP contribution < -0.4 is 5.32 Å². The summed E-state index contributed by atoms with van der Waals surface area (Å²) in [5.41, 5.74) is 1.18. The molecule has 11 atom stereocenters. The van der Waals surface area contributed by atoms with Gasteiger partial charge in [-0.05, 0) is 123 Å². The largest absolute Gasteiger partial charge is 0.390 e. The summed E-state index contributed by atoms with van der Waals surface area (Å²) in [7, 11) is 0. The minimum absolute atomic E-state index is 0.0750. The number of ether oxygens (including phenoxy) is 3. The summed E-state index contributed by atoms with van der Waals surface area (Å²) in [5, 5.41) is 13.9. The molecule has 5 nitrogen and oxygen atoms in total. The van der Waals surface area contributed by atoms with Gasteiger partial charge in [-0.3, -0.25) is 0 Å². The third kappa shape index (κ3) is 3.72.